The van der Waals surface area contributed by atoms with Gasteiger partial charge in [0.2, 0.25) is 0 Å². The van der Waals surface area contributed by atoms with E-state index >= 15 is 0 Å². The maximum Gasteiger partial charge on any atom is 0.0415 e. The van der Waals surface area contributed by atoms with Gasteiger partial charge in [-0.05, 0) is 37.4 Å². The molecule has 2 heterocycles. The third-order valence-electron chi connectivity index (χ3n) is 3.63. The molecule has 1 unspecified atom stereocenters. The summed E-state index contributed by atoms with van der Waals surface area (Å²) in [5, 5.41) is 3.50. The van der Waals surface area contributed by atoms with E-state index in [1.807, 2.05) is 0 Å². The lowest BCUT2D eigenvalue weighted by atomic mass is 10.1. The van der Waals surface area contributed by atoms with Gasteiger partial charge in [0, 0.05) is 24.8 Å². The SMILES string of the molecule is c1ccc2c(c1)CCN2C1CCCNC1. The first-order valence-electron chi connectivity index (χ1n) is 6.00. The lowest BCUT2D eigenvalue weighted by Crippen LogP contribution is -2.45. The van der Waals surface area contributed by atoms with Crippen LogP contribution in [0.4, 0.5) is 5.69 Å². The van der Waals surface area contributed by atoms with E-state index in [2.05, 4.69) is 34.5 Å². The quantitative estimate of drug-likeness (QED) is 0.747. The Kier molecular flexibility index (Phi) is 2.37. The van der Waals surface area contributed by atoms with Crippen LogP contribution in [0.2, 0.25) is 0 Å². The van der Waals surface area contributed by atoms with E-state index in [9.17, 15) is 0 Å². The Bertz CT molecular complexity index is 342. The molecule has 1 fully saturated rings. The maximum absolute atomic E-state index is 3.50. The summed E-state index contributed by atoms with van der Waals surface area (Å²) in [6, 6.07) is 9.58. The number of fused-ring (bicyclic) bond motifs is 1. The molecule has 2 nitrogen and oxygen atoms in total. The van der Waals surface area contributed by atoms with Crippen molar-refractivity contribution in [1.29, 1.82) is 0 Å². The van der Waals surface area contributed by atoms with Crippen LogP contribution in [0.25, 0.3) is 0 Å². The summed E-state index contributed by atoms with van der Waals surface area (Å²) in [6.07, 6.45) is 3.90. The monoisotopic (exact) mass is 202 g/mol. The van der Waals surface area contributed by atoms with Crippen molar-refractivity contribution in [2.45, 2.75) is 25.3 Å². The van der Waals surface area contributed by atoms with Crippen LogP contribution in [-0.4, -0.2) is 25.7 Å². The van der Waals surface area contributed by atoms with E-state index in [0.717, 1.165) is 12.6 Å². The van der Waals surface area contributed by atoms with E-state index in [-0.39, 0.29) is 0 Å². The van der Waals surface area contributed by atoms with Crippen molar-refractivity contribution in [2.75, 3.05) is 24.5 Å². The zero-order valence-corrected chi connectivity index (χ0v) is 9.08. The molecule has 80 valence electrons. The lowest BCUT2D eigenvalue weighted by molar-refractivity contribution is 0.437. The summed E-state index contributed by atoms with van der Waals surface area (Å²) in [5.41, 5.74) is 3.01. The number of benzene rings is 1. The smallest absolute Gasteiger partial charge is 0.0415 e. The fourth-order valence-electron chi connectivity index (χ4n) is 2.84. The molecule has 0 aliphatic carbocycles. The van der Waals surface area contributed by atoms with Crippen molar-refractivity contribution < 1.29 is 0 Å². The molecular weight excluding hydrogens is 184 g/mol. The van der Waals surface area contributed by atoms with Gasteiger partial charge in [-0.3, -0.25) is 0 Å². The summed E-state index contributed by atoms with van der Waals surface area (Å²) in [7, 11) is 0. The van der Waals surface area contributed by atoms with E-state index < -0.39 is 0 Å². The Morgan fingerprint density at radius 1 is 1.27 bits per heavy atom. The first-order valence-corrected chi connectivity index (χ1v) is 6.00. The van der Waals surface area contributed by atoms with Crippen LogP contribution < -0.4 is 10.2 Å². The van der Waals surface area contributed by atoms with E-state index in [1.54, 1.807) is 0 Å². The summed E-state index contributed by atoms with van der Waals surface area (Å²) in [6.45, 7) is 3.58. The largest absolute Gasteiger partial charge is 0.367 e. The fourth-order valence-corrected chi connectivity index (χ4v) is 2.84. The van der Waals surface area contributed by atoms with Crippen molar-refractivity contribution in [3.63, 3.8) is 0 Å². The second-order valence-electron chi connectivity index (χ2n) is 4.57. The highest BCUT2D eigenvalue weighted by Crippen LogP contribution is 2.30. The van der Waals surface area contributed by atoms with Crippen LogP contribution in [0.1, 0.15) is 18.4 Å². The maximum atomic E-state index is 3.50. The second-order valence-corrected chi connectivity index (χ2v) is 4.57. The number of anilines is 1. The van der Waals surface area contributed by atoms with Gasteiger partial charge in [-0.1, -0.05) is 18.2 Å². The molecule has 0 radical (unpaired) electrons. The van der Waals surface area contributed by atoms with Crippen molar-refractivity contribution >= 4 is 5.69 Å². The number of rotatable bonds is 1. The lowest BCUT2D eigenvalue weighted by Gasteiger charge is -2.33. The number of nitrogens with one attached hydrogen (secondary N) is 1. The van der Waals surface area contributed by atoms with E-state index in [1.165, 1.54) is 43.6 Å². The predicted molar refractivity (Wildman–Crippen MR) is 63.4 cm³/mol. The molecule has 0 amide bonds. The summed E-state index contributed by atoms with van der Waals surface area (Å²) in [5.74, 6) is 0. The van der Waals surface area contributed by atoms with Gasteiger partial charge in [-0.15, -0.1) is 0 Å². The molecule has 1 N–H and O–H groups in total. The van der Waals surface area contributed by atoms with Crippen LogP contribution in [0, 0.1) is 0 Å². The Labute approximate surface area is 91.3 Å². The molecule has 2 aliphatic heterocycles. The summed E-state index contributed by atoms with van der Waals surface area (Å²) in [4.78, 5) is 2.60. The molecule has 1 saturated heterocycles. The molecular formula is C13H18N2. The van der Waals surface area contributed by atoms with Gasteiger partial charge in [0.25, 0.3) is 0 Å². The average Bonchev–Trinajstić information content (AvgIpc) is 2.74. The number of para-hydroxylation sites is 1. The van der Waals surface area contributed by atoms with Crippen molar-refractivity contribution in [1.82, 2.24) is 5.32 Å². The molecule has 3 rings (SSSR count). The molecule has 0 bridgehead atoms. The standard InChI is InChI=1S/C13H18N2/c1-2-6-13-11(4-1)7-9-15(13)12-5-3-8-14-10-12/h1-2,4,6,12,14H,3,5,7-10H2. The van der Waals surface area contributed by atoms with Crippen LogP contribution in [0.3, 0.4) is 0 Å². The summed E-state index contributed by atoms with van der Waals surface area (Å²) >= 11 is 0. The minimum Gasteiger partial charge on any atom is -0.367 e. The van der Waals surface area contributed by atoms with Gasteiger partial charge >= 0.3 is 0 Å². The zero-order chi connectivity index (χ0) is 10.1. The highest BCUT2D eigenvalue weighted by atomic mass is 15.2. The Balaban J connectivity index is 1.83. The van der Waals surface area contributed by atoms with Crippen LogP contribution in [-0.2, 0) is 6.42 Å². The average molecular weight is 202 g/mol. The first-order chi connectivity index (χ1) is 7.45. The topological polar surface area (TPSA) is 15.3 Å². The normalized spacial score (nSPS) is 25.3. The van der Waals surface area contributed by atoms with Crippen molar-refractivity contribution in [2.24, 2.45) is 0 Å². The molecule has 0 spiro atoms. The van der Waals surface area contributed by atoms with Gasteiger partial charge in [-0.25, -0.2) is 0 Å². The summed E-state index contributed by atoms with van der Waals surface area (Å²) < 4.78 is 0. The first kappa shape index (κ1) is 9.22. The van der Waals surface area contributed by atoms with Gasteiger partial charge in [0.1, 0.15) is 0 Å². The fraction of sp³-hybridized carbons (Fsp3) is 0.538. The molecule has 0 saturated carbocycles. The molecule has 2 aliphatic rings. The van der Waals surface area contributed by atoms with Gasteiger partial charge < -0.3 is 10.2 Å². The van der Waals surface area contributed by atoms with E-state index in [4.69, 9.17) is 0 Å². The highest BCUT2D eigenvalue weighted by molar-refractivity contribution is 5.58. The highest BCUT2D eigenvalue weighted by Gasteiger charge is 2.26. The van der Waals surface area contributed by atoms with Gasteiger partial charge in [-0.2, -0.15) is 0 Å². The van der Waals surface area contributed by atoms with E-state index in [0.29, 0.717) is 0 Å². The minimum absolute atomic E-state index is 0.724. The van der Waals surface area contributed by atoms with Crippen LogP contribution in [0.5, 0.6) is 0 Å². The van der Waals surface area contributed by atoms with Crippen molar-refractivity contribution in [3.05, 3.63) is 29.8 Å². The minimum atomic E-state index is 0.724. The van der Waals surface area contributed by atoms with Crippen LogP contribution in [0.15, 0.2) is 24.3 Å². The Morgan fingerprint density at radius 3 is 3.07 bits per heavy atom. The number of nitrogens with zero attached hydrogens (tertiary/aromatic N) is 1. The zero-order valence-electron chi connectivity index (χ0n) is 9.08. The molecule has 2 heteroatoms. The molecule has 1 aromatic carbocycles. The van der Waals surface area contributed by atoms with Crippen molar-refractivity contribution in [3.8, 4) is 0 Å². The second kappa shape index (κ2) is 3.86. The Morgan fingerprint density at radius 2 is 2.20 bits per heavy atom. The van der Waals surface area contributed by atoms with Gasteiger partial charge in [0.05, 0.1) is 0 Å². The van der Waals surface area contributed by atoms with Gasteiger partial charge in [0.15, 0.2) is 0 Å². The number of piperidine rings is 1. The number of hydrogen-bond donors (Lipinski definition) is 1. The molecule has 1 aromatic rings. The third-order valence-corrected chi connectivity index (χ3v) is 3.63. The predicted octanol–water partition coefficient (Wildman–Crippen LogP) is 1.80. The third kappa shape index (κ3) is 1.63. The molecule has 15 heavy (non-hydrogen) atoms. The Hall–Kier alpha value is -1.02. The molecule has 0 aromatic heterocycles. The number of hydrogen-bond acceptors (Lipinski definition) is 2. The van der Waals surface area contributed by atoms with Crippen LogP contribution >= 0.6 is 0 Å². The molecule has 1 atom stereocenters.